The highest BCUT2D eigenvalue weighted by atomic mass is 32.5. The zero-order valence-electron chi connectivity index (χ0n) is 23.1. The molecule has 1 aromatic heterocycles. The predicted octanol–water partition coefficient (Wildman–Crippen LogP) is 6.36. The summed E-state index contributed by atoms with van der Waals surface area (Å²) in [6.45, 7) is 8.60. The summed E-state index contributed by atoms with van der Waals surface area (Å²) in [6.07, 6.45) is 2.28. The first-order valence-corrected chi connectivity index (χ1v) is 15.2. The van der Waals surface area contributed by atoms with E-state index in [9.17, 15) is 48.2 Å². The van der Waals surface area contributed by atoms with E-state index in [0.717, 1.165) is 11.1 Å². The number of hydrogen-bond acceptors (Lipinski definition) is 6. The normalized spacial score (nSPS) is 24.2. The van der Waals surface area contributed by atoms with Gasteiger partial charge in [-0.25, -0.2) is 13.6 Å². The van der Waals surface area contributed by atoms with Gasteiger partial charge in [-0.05, 0) is 50.1 Å². The first-order chi connectivity index (χ1) is 20.1. The molecular weight excluding hydrogens is 621 g/mol. The molecule has 44 heavy (non-hydrogen) atoms. The molecule has 1 aromatic carbocycles. The zero-order chi connectivity index (χ0) is 32.8. The van der Waals surface area contributed by atoms with Crippen LogP contribution >= 0.6 is 10.2 Å². The number of aliphatic hydroxyl groups is 1. The minimum absolute atomic E-state index is 0.0429. The van der Waals surface area contributed by atoms with Crippen molar-refractivity contribution in [2.45, 2.75) is 73.6 Å². The number of nitrogens with zero attached hydrogens (tertiary/aromatic N) is 5. The molecule has 0 radical (unpaired) electrons. The molecule has 1 aliphatic heterocycles. The van der Waals surface area contributed by atoms with Crippen LogP contribution in [0.5, 0.6) is 0 Å². The Balaban J connectivity index is 1.88. The first kappa shape index (κ1) is 32.8. The molecule has 238 valence electrons. The Morgan fingerprint density at radius 2 is 1.80 bits per heavy atom. The van der Waals surface area contributed by atoms with Gasteiger partial charge in [0.15, 0.2) is 11.9 Å². The van der Waals surface area contributed by atoms with Gasteiger partial charge in [0.1, 0.15) is 17.0 Å². The standard InChI is InChI=1S/C27H27F7N6O3S/c1-26(43)13-22(39(15-26)16-35)25(42)40(18-3-5-19(6-4-18)44(30,31,32,33)34)23(20-14-37-12-9-21(20)36-2)24(41)38-17-7-10-27(28,29)11-8-17/h3-6,9,12,14,17,22-23,43H,7-8,10-11,13,15H2,1H3,(H,38,41)/t22-,23?,26-/m1/s1. The van der Waals surface area contributed by atoms with Gasteiger partial charge in [0, 0.05) is 48.9 Å². The van der Waals surface area contributed by atoms with Crippen molar-refractivity contribution < 1.29 is 42.9 Å². The van der Waals surface area contributed by atoms with Crippen LogP contribution < -0.4 is 10.2 Å². The molecule has 2 N–H and O–H groups in total. The Hall–Kier alpha value is -4.09. The van der Waals surface area contributed by atoms with E-state index < -0.39 is 75.1 Å². The second-order valence-corrected chi connectivity index (χ2v) is 13.6. The molecule has 2 fully saturated rings. The summed E-state index contributed by atoms with van der Waals surface area (Å²) in [6, 6.07) is -1.75. The maximum Gasteiger partial charge on any atom is 0.310 e. The molecule has 9 nitrogen and oxygen atoms in total. The van der Waals surface area contributed by atoms with Crippen LogP contribution in [0.15, 0.2) is 47.6 Å². The highest BCUT2D eigenvalue weighted by Crippen LogP contribution is 3.02. The van der Waals surface area contributed by atoms with Crippen molar-refractivity contribution in [1.82, 2.24) is 15.2 Å². The Kier molecular flexibility index (Phi) is 7.85. The van der Waals surface area contributed by atoms with Gasteiger partial charge >= 0.3 is 10.2 Å². The van der Waals surface area contributed by atoms with Crippen molar-refractivity contribution in [3.8, 4) is 6.19 Å². The molecule has 2 aliphatic rings. The van der Waals surface area contributed by atoms with E-state index >= 15 is 0 Å². The largest absolute Gasteiger partial charge is 0.388 e. The first-order valence-electron chi connectivity index (χ1n) is 13.2. The number of rotatable bonds is 7. The lowest BCUT2D eigenvalue weighted by Crippen LogP contribution is -2.52. The van der Waals surface area contributed by atoms with Crippen LogP contribution in [0.1, 0.15) is 50.6 Å². The maximum atomic E-state index is 14.2. The lowest BCUT2D eigenvalue weighted by atomic mass is 9.91. The number of β-amino-alcohol motifs (C(OH)–C–C–N with tert-alkyl or cyclic N) is 1. The molecule has 2 heterocycles. The number of anilines is 1. The fraction of sp³-hybridized carbons (Fsp3) is 0.444. The molecule has 0 spiro atoms. The van der Waals surface area contributed by atoms with Crippen LogP contribution in [-0.4, -0.2) is 57.0 Å². The molecule has 2 aromatic rings. The Labute approximate surface area is 247 Å². The van der Waals surface area contributed by atoms with Gasteiger partial charge in [-0.3, -0.25) is 24.4 Å². The molecule has 1 aliphatic carbocycles. The van der Waals surface area contributed by atoms with E-state index in [1.165, 1.54) is 19.2 Å². The second-order valence-electron chi connectivity index (χ2n) is 11.2. The minimum atomic E-state index is -10.2. The number of nitriles is 1. The van der Waals surface area contributed by atoms with Crippen LogP contribution in [0.2, 0.25) is 0 Å². The molecule has 4 rings (SSSR count). The Morgan fingerprint density at radius 1 is 1.18 bits per heavy atom. The van der Waals surface area contributed by atoms with Gasteiger partial charge in [-0.2, -0.15) is 5.26 Å². The summed E-state index contributed by atoms with van der Waals surface area (Å²) >= 11 is 0. The third-order valence-electron chi connectivity index (χ3n) is 7.54. The predicted molar refractivity (Wildman–Crippen MR) is 145 cm³/mol. The van der Waals surface area contributed by atoms with Crippen LogP contribution in [0.4, 0.5) is 39.6 Å². The minimum Gasteiger partial charge on any atom is -0.388 e. The third-order valence-corrected chi connectivity index (χ3v) is 8.71. The van der Waals surface area contributed by atoms with E-state index in [2.05, 4.69) is 15.1 Å². The Morgan fingerprint density at radius 3 is 2.34 bits per heavy atom. The molecule has 1 saturated carbocycles. The van der Waals surface area contributed by atoms with Crippen molar-refractivity contribution in [2.24, 2.45) is 0 Å². The SMILES string of the molecule is [C-]#[N+]c1ccncc1C(C(=O)NC1CCC(F)(F)CC1)N(C(=O)[C@H]1C[C@@](C)(O)CN1C#N)c1ccc(S(F)(F)(F)(F)F)cc1. The van der Waals surface area contributed by atoms with Crippen LogP contribution in [-0.2, 0) is 9.59 Å². The smallest absolute Gasteiger partial charge is 0.310 e. The number of amides is 2. The zero-order valence-corrected chi connectivity index (χ0v) is 23.9. The number of alkyl halides is 2. The molecule has 1 unspecified atom stereocenters. The summed E-state index contributed by atoms with van der Waals surface area (Å²) in [5.41, 5.74) is -2.47. The average Bonchev–Trinajstić information content (AvgIpc) is 3.25. The number of carbonyl (C=O) groups is 2. The van der Waals surface area contributed by atoms with Crippen LogP contribution in [0.25, 0.3) is 4.85 Å². The number of pyridine rings is 1. The topological polar surface area (TPSA) is 114 Å². The number of halogens is 7. The molecule has 1 saturated heterocycles. The summed E-state index contributed by atoms with van der Waals surface area (Å²) in [5.74, 6) is -5.05. The summed E-state index contributed by atoms with van der Waals surface area (Å²) in [5, 5.41) is 22.8. The van der Waals surface area contributed by atoms with Gasteiger partial charge in [0.05, 0.1) is 18.7 Å². The third kappa shape index (κ3) is 7.16. The molecule has 2 amide bonds. The molecule has 0 bridgehead atoms. The van der Waals surface area contributed by atoms with Gasteiger partial charge < -0.3 is 10.4 Å². The molecular formula is C27H27F7N6O3S. The maximum absolute atomic E-state index is 14.2. The Bertz CT molecular complexity index is 1530. The monoisotopic (exact) mass is 648 g/mol. The number of likely N-dealkylation sites (tertiary alicyclic amines) is 1. The van der Waals surface area contributed by atoms with Crippen molar-refractivity contribution in [2.75, 3.05) is 11.4 Å². The van der Waals surface area contributed by atoms with Crippen LogP contribution in [0, 0.1) is 18.0 Å². The quantitative estimate of drug-likeness (QED) is 0.205. The van der Waals surface area contributed by atoms with Gasteiger partial charge in [0.25, 0.3) is 5.91 Å². The van der Waals surface area contributed by atoms with Crippen molar-refractivity contribution in [3.63, 3.8) is 0 Å². The lowest BCUT2D eigenvalue weighted by molar-refractivity contribution is -0.129. The highest BCUT2D eigenvalue weighted by molar-refractivity contribution is 8.45. The van der Waals surface area contributed by atoms with Crippen LogP contribution in [0.3, 0.4) is 0 Å². The number of benzene rings is 1. The van der Waals surface area contributed by atoms with E-state index in [0.29, 0.717) is 17.0 Å². The van der Waals surface area contributed by atoms with E-state index in [4.69, 9.17) is 6.57 Å². The summed E-state index contributed by atoms with van der Waals surface area (Å²) in [4.78, 5) is 34.7. The summed E-state index contributed by atoms with van der Waals surface area (Å²) < 4.78 is 95.2. The van der Waals surface area contributed by atoms with E-state index in [1.54, 1.807) is 6.19 Å². The van der Waals surface area contributed by atoms with Gasteiger partial charge in [0.2, 0.25) is 11.8 Å². The van der Waals surface area contributed by atoms with Gasteiger partial charge in [-0.15, -0.1) is 0 Å². The highest BCUT2D eigenvalue weighted by Gasteiger charge is 2.65. The molecule has 17 heteroatoms. The lowest BCUT2D eigenvalue weighted by Gasteiger charge is -2.41. The van der Waals surface area contributed by atoms with Crippen molar-refractivity contribution in [3.05, 3.63) is 59.7 Å². The van der Waals surface area contributed by atoms with E-state index in [-0.39, 0.29) is 49.2 Å². The number of aromatic nitrogens is 1. The number of carbonyl (C=O) groups excluding carboxylic acids is 2. The fourth-order valence-electron chi connectivity index (χ4n) is 5.40. The number of nitrogens with one attached hydrogen (secondary N) is 1. The number of hydrogen-bond donors (Lipinski definition) is 2. The van der Waals surface area contributed by atoms with Crippen molar-refractivity contribution in [1.29, 1.82) is 5.26 Å². The average molecular weight is 649 g/mol. The molecule has 3 atom stereocenters. The van der Waals surface area contributed by atoms with Crippen molar-refractivity contribution >= 4 is 33.4 Å². The fourth-order valence-corrected chi connectivity index (χ4v) is 6.05. The summed E-state index contributed by atoms with van der Waals surface area (Å²) in [7, 11) is -10.2. The second kappa shape index (κ2) is 10.5. The van der Waals surface area contributed by atoms with E-state index in [1.807, 2.05) is 0 Å². The van der Waals surface area contributed by atoms with Gasteiger partial charge in [-0.1, -0.05) is 19.4 Å².